The summed E-state index contributed by atoms with van der Waals surface area (Å²) in [6, 6.07) is 9.18. The van der Waals surface area contributed by atoms with E-state index in [2.05, 4.69) is 31.2 Å². The molecule has 2 saturated heterocycles. The zero-order valence-electron chi connectivity index (χ0n) is 26.5. The number of carbonyl (C=O) groups is 4. The number of piperidine rings is 2. The Labute approximate surface area is 269 Å². The van der Waals surface area contributed by atoms with E-state index in [1.807, 2.05) is 43.9 Å². The second kappa shape index (κ2) is 15.4. The van der Waals surface area contributed by atoms with Crippen LogP contribution in [0.5, 0.6) is 0 Å². The molecule has 3 heterocycles. The van der Waals surface area contributed by atoms with Gasteiger partial charge in [0.15, 0.2) is 0 Å². The summed E-state index contributed by atoms with van der Waals surface area (Å²) in [5.74, 6) is 0.0510. The summed E-state index contributed by atoms with van der Waals surface area (Å²) in [4.78, 5) is 57.4. The molecule has 4 rings (SSSR count). The van der Waals surface area contributed by atoms with Crippen molar-refractivity contribution in [2.24, 2.45) is 5.92 Å². The summed E-state index contributed by atoms with van der Waals surface area (Å²) >= 11 is 6.17. The average molecular weight is 642 g/mol. The number of hydrogen-bond donors (Lipinski definition) is 4. The highest BCUT2D eigenvalue weighted by atomic mass is 35.5. The van der Waals surface area contributed by atoms with Crippen molar-refractivity contribution in [2.75, 3.05) is 48.7 Å². The number of nitrogens with zero attached hydrogens (tertiary/aromatic N) is 3. The molecule has 0 aliphatic carbocycles. The van der Waals surface area contributed by atoms with Gasteiger partial charge in [0.25, 0.3) is 0 Å². The SMILES string of the molecule is CC(=O)NCC(=O)Nc1cc(Cl)ccc1NC1CCN(C(=O)C2CCN(Cc3ccnc(NC(=O)OC(C)(C)C)c3)CC2)CC1. The summed E-state index contributed by atoms with van der Waals surface area (Å²) in [6.45, 7) is 10.3. The summed E-state index contributed by atoms with van der Waals surface area (Å²) < 4.78 is 5.31. The first-order valence-electron chi connectivity index (χ1n) is 15.4. The molecule has 0 unspecified atom stereocenters. The first-order valence-corrected chi connectivity index (χ1v) is 15.8. The van der Waals surface area contributed by atoms with Gasteiger partial charge < -0.3 is 25.6 Å². The van der Waals surface area contributed by atoms with Crippen molar-refractivity contribution < 1.29 is 23.9 Å². The van der Waals surface area contributed by atoms with Gasteiger partial charge in [-0.2, -0.15) is 0 Å². The molecule has 0 atom stereocenters. The van der Waals surface area contributed by atoms with Crippen molar-refractivity contribution in [3.63, 3.8) is 0 Å². The van der Waals surface area contributed by atoms with Gasteiger partial charge in [-0.3, -0.25) is 24.6 Å². The number of anilines is 3. The Balaban J connectivity index is 1.21. The van der Waals surface area contributed by atoms with Crippen molar-refractivity contribution in [1.29, 1.82) is 0 Å². The molecule has 12 nitrogen and oxygen atoms in total. The van der Waals surface area contributed by atoms with Gasteiger partial charge in [-0.25, -0.2) is 9.78 Å². The average Bonchev–Trinajstić information content (AvgIpc) is 2.97. The first kappa shape index (κ1) is 34.0. The number of carbonyl (C=O) groups excluding carboxylic acids is 4. The lowest BCUT2D eigenvalue weighted by Gasteiger charge is -2.37. The molecule has 2 fully saturated rings. The minimum atomic E-state index is -0.588. The second-order valence-corrected chi connectivity index (χ2v) is 13.1. The molecule has 2 aliphatic rings. The molecular formula is C32H44ClN7O5. The second-order valence-electron chi connectivity index (χ2n) is 12.6. The fourth-order valence-corrected chi connectivity index (χ4v) is 5.68. The molecule has 1 aromatic carbocycles. The van der Waals surface area contributed by atoms with Crippen molar-refractivity contribution in [3.05, 3.63) is 47.1 Å². The number of benzene rings is 1. The maximum absolute atomic E-state index is 13.4. The Hall–Kier alpha value is -3.90. The Bertz CT molecular complexity index is 1370. The maximum Gasteiger partial charge on any atom is 0.413 e. The number of pyridine rings is 1. The van der Waals surface area contributed by atoms with Gasteiger partial charge in [0.2, 0.25) is 17.7 Å². The van der Waals surface area contributed by atoms with Crippen LogP contribution in [0, 0.1) is 5.92 Å². The molecule has 1 aromatic heterocycles. The lowest BCUT2D eigenvalue weighted by Crippen LogP contribution is -2.47. The number of ether oxygens (including phenoxy) is 1. The Morgan fingerprint density at radius 3 is 2.33 bits per heavy atom. The van der Waals surface area contributed by atoms with Gasteiger partial charge in [0.05, 0.1) is 17.9 Å². The predicted octanol–water partition coefficient (Wildman–Crippen LogP) is 4.47. The zero-order chi connectivity index (χ0) is 32.6. The summed E-state index contributed by atoms with van der Waals surface area (Å²) in [6.07, 6.45) is 4.32. The number of rotatable bonds is 9. The van der Waals surface area contributed by atoms with Crippen LogP contribution in [0.15, 0.2) is 36.5 Å². The van der Waals surface area contributed by atoms with Crippen LogP contribution < -0.4 is 21.3 Å². The smallest absolute Gasteiger partial charge is 0.413 e. The fourth-order valence-electron chi connectivity index (χ4n) is 5.51. The van der Waals surface area contributed by atoms with Gasteiger partial charge in [0, 0.05) is 49.7 Å². The standard InChI is InChI=1S/C32H44ClN7O5/c1-21(41)35-19-29(42)37-27-18-24(33)5-6-26(27)36-25-10-15-40(16-11-25)30(43)23-8-13-39(14-9-23)20-22-7-12-34-28(17-22)38-31(44)45-32(2,3)4/h5-7,12,17-18,23,25,36H,8-11,13-16,19-20H2,1-4H3,(H,35,41)(H,37,42)(H,34,38,44). The molecule has 45 heavy (non-hydrogen) atoms. The van der Waals surface area contributed by atoms with Gasteiger partial charge in [-0.05, 0) is 95.4 Å². The van der Waals surface area contributed by atoms with E-state index >= 15 is 0 Å². The number of hydrogen-bond acceptors (Lipinski definition) is 8. The Kier molecular flexibility index (Phi) is 11.6. The summed E-state index contributed by atoms with van der Waals surface area (Å²) in [7, 11) is 0. The molecule has 2 aliphatic heterocycles. The van der Waals surface area contributed by atoms with E-state index in [1.165, 1.54) is 6.92 Å². The largest absolute Gasteiger partial charge is 0.444 e. The van der Waals surface area contributed by atoms with Gasteiger partial charge in [-0.1, -0.05) is 11.6 Å². The van der Waals surface area contributed by atoms with Gasteiger partial charge in [0.1, 0.15) is 11.4 Å². The van der Waals surface area contributed by atoms with E-state index in [0.717, 1.165) is 50.0 Å². The van der Waals surface area contributed by atoms with E-state index in [0.29, 0.717) is 36.2 Å². The fraction of sp³-hybridized carbons (Fsp3) is 0.531. The minimum absolute atomic E-state index is 0.00860. The van der Waals surface area contributed by atoms with E-state index < -0.39 is 11.7 Å². The van der Waals surface area contributed by atoms with Crippen molar-refractivity contribution in [2.45, 2.75) is 71.6 Å². The summed E-state index contributed by atoms with van der Waals surface area (Å²) in [5.41, 5.74) is 1.74. The molecule has 0 spiro atoms. The molecule has 244 valence electrons. The van der Waals surface area contributed by atoms with Crippen LogP contribution in [0.2, 0.25) is 5.02 Å². The number of likely N-dealkylation sites (tertiary alicyclic amines) is 2. The van der Waals surface area contributed by atoms with E-state index in [4.69, 9.17) is 16.3 Å². The van der Waals surface area contributed by atoms with Crippen LogP contribution >= 0.6 is 11.6 Å². The summed E-state index contributed by atoms with van der Waals surface area (Å²) in [5, 5.41) is 12.0. The van der Waals surface area contributed by atoms with Crippen molar-refractivity contribution in [3.8, 4) is 0 Å². The lowest BCUT2D eigenvalue weighted by atomic mass is 9.93. The van der Waals surface area contributed by atoms with Crippen LogP contribution in [0.1, 0.15) is 58.9 Å². The van der Waals surface area contributed by atoms with E-state index in [9.17, 15) is 19.2 Å². The maximum atomic E-state index is 13.4. The van der Waals surface area contributed by atoms with E-state index in [-0.39, 0.29) is 36.2 Å². The third-order valence-electron chi connectivity index (χ3n) is 7.72. The van der Waals surface area contributed by atoms with Gasteiger partial charge >= 0.3 is 6.09 Å². The highest BCUT2D eigenvalue weighted by Gasteiger charge is 2.31. The normalized spacial score (nSPS) is 16.5. The molecule has 0 radical (unpaired) electrons. The molecule has 0 bridgehead atoms. The molecule has 13 heteroatoms. The Morgan fingerprint density at radius 2 is 1.67 bits per heavy atom. The number of nitrogens with one attached hydrogen (secondary N) is 4. The molecule has 2 aromatic rings. The molecule has 4 N–H and O–H groups in total. The van der Waals surface area contributed by atoms with Crippen molar-refractivity contribution in [1.82, 2.24) is 20.1 Å². The minimum Gasteiger partial charge on any atom is -0.444 e. The number of amides is 4. The van der Waals surface area contributed by atoms with Crippen LogP contribution in [0.4, 0.5) is 22.0 Å². The number of aromatic nitrogens is 1. The topological polar surface area (TPSA) is 145 Å². The zero-order valence-corrected chi connectivity index (χ0v) is 27.2. The van der Waals surface area contributed by atoms with Gasteiger partial charge in [-0.15, -0.1) is 0 Å². The third kappa shape index (κ3) is 10.9. The lowest BCUT2D eigenvalue weighted by molar-refractivity contribution is -0.138. The highest BCUT2D eigenvalue weighted by molar-refractivity contribution is 6.31. The van der Waals surface area contributed by atoms with E-state index in [1.54, 1.807) is 18.3 Å². The molecule has 4 amide bonds. The first-order chi connectivity index (χ1) is 21.3. The van der Waals surface area contributed by atoms with Crippen LogP contribution in [0.3, 0.4) is 0 Å². The molecule has 0 saturated carbocycles. The Morgan fingerprint density at radius 1 is 0.956 bits per heavy atom. The predicted molar refractivity (Wildman–Crippen MR) is 174 cm³/mol. The van der Waals surface area contributed by atoms with Crippen LogP contribution in [-0.4, -0.2) is 83.0 Å². The quantitative estimate of drug-likeness (QED) is 0.314. The molecular weight excluding hydrogens is 598 g/mol. The highest BCUT2D eigenvalue weighted by Crippen LogP contribution is 2.29. The monoisotopic (exact) mass is 641 g/mol. The number of halogens is 1. The van der Waals surface area contributed by atoms with Crippen LogP contribution in [-0.2, 0) is 25.7 Å². The third-order valence-corrected chi connectivity index (χ3v) is 7.95. The van der Waals surface area contributed by atoms with Crippen molar-refractivity contribution >= 4 is 52.6 Å². The van der Waals surface area contributed by atoms with Crippen LogP contribution in [0.25, 0.3) is 0 Å².